The van der Waals surface area contributed by atoms with Gasteiger partial charge in [0.05, 0.1) is 0 Å². The lowest BCUT2D eigenvalue weighted by atomic mass is 9.86. The van der Waals surface area contributed by atoms with Crippen LogP contribution in [0.15, 0.2) is 18.2 Å². The van der Waals surface area contributed by atoms with Crippen molar-refractivity contribution in [2.45, 2.75) is 38.3 Å². The van der Waals surface area contributed by atoms with Gasteiger partial charge in [0, 0.05) is 31.7 Å². The molecule has 1 aromatic carbocycles. The number of hydrogen-bond donors (Lipinski definition) is 1. The maximum absolute atomic E-state index is 9.64. The van der Waals surface area contributed by atoms with Crippen LogP contribution in [0.4, 0.5) is 0 Å². The molecule has 0 aromatic heterocycles. The molecule has 0 spiro atoms. The third-order valence-corrected chi connectivity index (χ3v) is 4.84. The van der Waals surface area contributed by atoms with Crippen molar-refractivity contribution in [1.82, 2.24) is 9.80 Å². The van der Waals surface area contributed by atoms with Crippen molar-refractivity contribution >= 4 is 0 Å². The Hall–Kier alpha value is -1.06. The first-order chi connectivity index (χ1) is 9.15. The Labute approximate surface area is 115 Å². The third kappa shape index (κ3) is 2.49. The van der Waals surface area contributed by atoms with Crippen LogP contribution in [0.2, 0.25) is 0 Å². The van der Waals surface area contributed by atoms with Crippen molar-refractivity contribution in [3.05, 3.63) is 29.3 Å². The van der Waals surface area contributed by atoms with E-state index in [-0.39, 0.29) is 0 Å². The Balaban J connectivity index is 1.83. The Bertz CT molecular complexity index is 460. The highest BCUT2D eigenvalue weighted by atomic mass is 16.3. The van der Waals surface area contributed by atoms with E-state index < -0.39 is 0 Å². The number of aromatic hydroxyl groups is 1. The first-order valence-corrected chi connectivity index (χ1v) is 7.41. The van der Waals surface area contributed by atoms with E-state index in [9.17, 15) is 5.11 Å². The van der Waals surface area contributed by atoms with Crippen molar-refractivity contribution in [3.63, 3.8) is 0 Å². The topological polar surface area (TPSA) is 26.7 Å². The normalized spacial score (nSPS) is 29.2. The molecule has 0 saturated carbocycles. The Morgan fingerprint density at radius 3 is 2.89 bits per heavy atom. The maximum atomic E-state index is 9.64. The molecule has 19 heavy (non-hydrogen) atoms. The standard InChI is InChI=1S/C16H24N2O/c1-12-11-18(9-8-17(12)2)16-5-3-4-13-10-14(19)6-7-15(13)16/h6-7,10,12,16,19H,3-5,8-9,11H2,1-2H3. The summed E-state index contributed by atoms with van der Waals surface area (Å²) in [6.45, 7) is 5.78. The summed E-state index contributed by atoms with van der Waals surface area (Å²) in [5.41, 5.74) is 2.80. The van der Waals surface area contributed by atoms with Gasteiger partial charge in [0.2, 0.25) is 0 Å². The SMILES string of the molecule is CC1CN(C2CCCc3cc(O)ccc32)CCN1C. The van der Waals surface area contributed by atoms with Crippen LogP contribution in [0, 0.1) is 0 Å². The molecule has 0 radical (unpaired) electrons. The molecule has 0 amide bonds. The first kappa shape index (κ1) is 12.9. The number of likely N-dealkylation sites (N-methyl/N-ethyl adjacent to an activating group) is 1. The zero-order chi connectivity index (χ0) is 13.4. The number of hydrogen-bond acceptors (Lipinski definition) is 3. The van der Waals surface area contributed by atoms with Gasteiger partial charge in [-0.25, -0.2) is 0 Å². The van der Waals surface area contributed by atoms with Gasteiger partial charge in [-0.3, -0.25) is 4.90 Å². The summed E-state index contributed by atoms with van der Waals surface area (Å²) in [5, 5.41) is 9.64. The number of rotatable bonds is 1. The summed E-state index contributed by atoms with van der Waals surface area (Å²) in [5.74, 6) is 0.408. The molecule has 1 aromatic rings. The van der Waals surface area contributed by atoms with Crippen LogP contribution < -0.4 is 0 Å². The second-order valence-corrected chi connectivity index (χ2v) is 6.12. The molecule has 0 bridgehead atoms. The summed E-state index contributed by atoms with van der Waals surface area (Å²) in [6.07, 6.45) is 3.61. The van der Waals surface area contributed by atoms with E-state index in [1.165, 1.54) is 24.0 Å². The van der Waals surface area contributed by atoms with Crippen molar-refractivity contribution < 1.29 is 5.11 Å². The van der Waals surface area contributed by atoms with Crippen molar-refractivity contribution in [1.29, 1.82) is 0 Å². The lowest BCUT2D eigenvalue weighted by Crippen LogP contribution is -2.51. The van der Waals surface area contributed by atoms with Crippen LogP contribution in [0.25, 0.3) is 0 Å². The largest absolute Gasteiger partial charge is 0.508 e. The van der Waals surface area contributed by atoms with Crippen LogP contribution in [0.3, 0.4) is 0 Å². The van der Waals surface area contributed by atoms with Gasteiger partial charge in [0.25, 0.3) is 0 Å². The molecule has 104 valence electrons. The number of nitrogens with zero attached hydrogens (tertiary/aromatic N) is 2. The van der Waals surface area contributed by atoms with Gasteiger partial charge >= 0.3 is 0 Å². The Morgan fingerprint density at radius 2 is 2.11 bits per heavy atom. The molecule has 2 atom stereocenters. The van der Waals surface area contributed by atoms with E-state index in [0.29, 0.717) is 17.8 Å². The molecule has 1 saturated heterocycles. The first-order valence-electron chi connectivity index (χ1n) is 7.41. The van der Waals surface area contributed by atoms with Gasteiger partial charge in [-0.05, 0) is 56.5 Å². The van der Waals surface area contributed by atoms with Crippen LogP contribution in [-0.4, -0.2) is 47.6 Å². The molecule has 1 aliphatic heterocycles. The highest BCUT2D eigenvalue weighted by Crippen LogP contribution is 2.36. The molecule has 2 aliphatic rings. The van der Waals surface area contributed by atoms with E-state index in [2.05, 4.69) is 29.8 Å². The lowest BCUT2D eigenvalue weighted by Gasteiger charge is -2.43. The number of phenols is 1. The predicted octanol–water partition coefficient (Wildman–Crippen LogP) is 2.41. The Morgan fingerprint density at radius 1 is 1.26 bits per heavy atom. The summed E-state index contributed by atoms with van der Waals surface area (Å²) in [6, 6.07) is 7.13. The average molecular weight is 260 g/mol. The van der Waals surface area contributed by atoms with Crippen LogP contribution in [-0.2, 0) is 6.42 Å². The van der Waals surface area contributed by atoms with Gasteiger partial charge in [0.1, 0.15) is 5.75 Å². The maximum Gasteiger partial charge on any atom is 0.115 e. The minimum Gasteiger partial charge on any atom is -0.508 e. The molecule has 3 rings (SSSR count). The smallest absolute Gasteiger partial charge is 0.115 e. The molecule has 1 aliphatic carbocycles. The summed E-state index contributed by atoms with van der Waals surface area (Å²) < 4.78 is 0. The molecule has 2 unspecified atom stereocenters. The van der Waals surface area contributed by atoms with E-state index in [1.54, 1.807) is 0 Å². The van der Waals surface area contributed by atoms with E-state index >= 15 is 0 Å². The lowest BCUT2D eigenvalue weighted by molar-refractivity contribution is 0.0650. The van der Waals surface area contributed by atoms with Gasteiger partial charge < -0.3 is 10.0 Å². The molecule has 1 fully saturated rings. The zero-order valence-corrected chi connectivity index (χ0v) is 12.0. The van der Waals surface area contributed by atoms with Crippen molar-refractivity contribution in [2.24, 2.45) is 0 Å². The third-order valence-electron chi connectivity index (χ3n) is 4.84. The number of aryl methyl sites for hydroxylation is 1. The quantitative estimate of drug-likeness (QED) is 0.840. The molecule has 3 nitrogen and oxygen atoms in total. The van der Waals surface area contributed by atoms with Gasteiger partial charge in [-0.2, -0.15) is 0 Å². The molecule has 1 N–H and O–H groups in total. The molecule has 3 heteroatoms. The molecular weight excluding hydrogens is 236 g/mol. The van der Waals surface area contributed by atoms with Crippen LogP contribution in [0.1, 0.15) is 36.9 Å². The highest BCUT2D eigenvalue weighted by molar-refractivity contribution is 5.38. The summed E-state index contributed by atoms with van der Waals surface area (Å²) in [4.78, 5) is 5.08. The van der Waals surface area contributed by atoms with Gasteiger partial charge in [-0.1, -0.05) is 6.07 Å². The molecule has 1 heterocycles. The number of fused-ring (bicyclic) bond motifs is 1. The second kappa shape index (κ2) is 5.14. The minimum absolute atomic E-state index is 0.408. The van der Waals surface area contributed by atoms with Crippen LogP contribution in [0.5, 0.6) is 5.75 Å². The highest BCUT2D eigenvalue weighted by Gasteiger charge is 2.30. The van der Waals surface area contributed by atoms with E-state index in [4.69, 9.17) is 0 Å². The fraction of sp³-hybridized carbons (Fsp3) is 0.625. The fourth-order valence-electron chi connectivity index (χ4n) is 3.51. The number of phenolic OH excluding ortho intramolecular Hbond substituents is 1. The van der Waals surface area contributed by atoms with Crippen molar-refractivity contribution in [3.8, 4) is 5.75 Å². The van der Waals surface area contributed by atoms with Gasteiger partial charge in [0.15, 0.2) is 0 Å². The van der Waals surface area contributed by atoms with Crippen molar-refractivity contribution in [2.75, 3.05) is 26.7 Å². The summed E-state index contributed by atoms with van der Waals surface area (Å²) in [7, 11) is 2.22. The van der Waals surface area contributed by atoms with E-state index in [1.807, 2.05) is 12.1 Å². The second-order valence-electron chi connectivity index (χ2n) is 6.12. The Kier molecular flexibility index (Phi) is 3.50. The van der Waals surface area contributed by atoms with E-state index in [0.717, 1.165) is 26.1 Å². The molecular formula is C16H24N2O. The number of benzene rings is 1. The summed E-state index contributed by atoms with van der Waals surface area (Å²) >= 11 is 0. The minimum atomic E-state index is 0.408. The zero-order valence-electron chi connectivity index (χ0n) is 12.0. The average Bonchev–Trinajstić information content (AvgIpc) is 2.41. The van der Waals surface area contributed by atoms with Crippen LogP contribution >= 0.6 is 0 Å². The monoisotopic (exact) mass is 260 g/mol. The predicted molar refractivity (Wildman–Crippen MR) is 77.5 cm³/mol. The number of piperazine rings is 1. The fourth-order valence-corrected chi connectivity index (χ4v) is 3.51. The van der Waals surface area contributed by atoms with Gasteiger partial charge in [-0.15, -0.1) is 0 Å².